The van der Waals surface area contributed by atoms with E-state index in [0.29, 0.717) is 35.8 Å². The number of benzene rings is 2. The zero-order valence-electron chi connectivity index (χ0n) is 23.1. The molecule has 0 radical (unpaired) electrons. The van der Waals surface area contributed by atoms with Crippen LogP contribution in [0.25, 0.3) is 5.57 Å². The van der Waals surface area contributed by atoms with Crippen LogP contribution in [-0.2, 0) is 4.74 Å². The number of nitrogens with one attached hydrogen (secondary N) is 2. The molecule has 2 aromatic rings. The maximum Gasteiger partial charge on any atom is 0.251 e. The standard InChI is InChI=1S/C33H34N4O3/c1-33(2)18-40-32(37-33)24-12-13-26(27(15-24)39-3)35-28-16-23-11-10-22(14-25-29(23)30(25)36-28)20-6-8-21(9-7-20)31(38)34-17-19-4-5-19/h6-16,19,25,29-30H,4-5,17-18H2,1-3H3,(H,34,38)(H,35,36). The number of rotatable bonds is 7. The van der Waals surface area contributed by atoms with Crippen molar-refractivity contribution in [2.24, 2.45) is 27.7 Å². The zero-order chi connectivity index (χ0) is 27.4. The Bertz CT molecular complexity index is 1530. The largest absolute Gasteiger partial charge is 0.495 e. The summed E-state index contributed by atoms with van der Waals surface area (Å²) in [6, 6.07) is 14.1. The van der Waals surface area contributed by atoms with E-state index in [9.17, 15) is 4.79 Å². The van der Waals surface area contributed by atoms with E-state index in [1.165, 1.54) is 24.0 Å². The second-order valence-electron chi connectivity index (χ2n) is 12.0. The molecule has 7 rings (SSSR count). The summed E-state index contributed by atoms with van der Waals surface area (Å²) in [5, 5.41) is 6.52. The minimum atomic E-state index is -0.212. The molecule has 0 saturated heterocycles. The number of amides is 1. The first kappa shape index (κ1) is 24.9. The number of fused-ring (bicyclic) bond motifs is 1. The van der Waals surface area contributed by atoms with Crippen LogP contribution in [0.4, 0.5) is 5.69 Å². The minimum Gasteiger partial charge on any atom is -0.495 e. The van der Waals surface area contributed by atoms with Crippen molar-refractivity contribution in [3.63, 3.8) is 0 Å². The smallest absolute Gasteiger partial charge is 0.251 e. The molecule has 7 heteroatoms. The highest BCUT2D eigenvalue weighted by molar-refractivity contribution is 6.07. The third-order valence-electron chi connectivity index (χ3n) is 8.25. The average molecular weight is 535 g/mol. The van der Waals surface area contributed by atoms with Gasteiger partial charge in [-0.15, -0.1) is 0 Å². The molecule has 3 unspecified atom stereocenters. The lowest BCUT2D eigenvalue weighted by Gasteiger charge is -2.15. The van der Waals surface area contributed by atoms with Crippen molar-refractivity contribution in [2.75, 3.05) is 25.6 Å². The van der Waals surface area contributed by atoms with Gasteiger partial charge >= 0.3 is 0 Å². The van der Waals surface area contributed by atoms with Gasteiger partial charge in [0.25, 0.3) is 5.91 Å². The summed E-state index contributed by atoms with van der Waals surface area (Å²) < 4.78 is 11.5. The Morgan fingerprint density at radius 3 is 2.62 bits per heavy atom. The molecule has 0 spiro atoms. The molecule has 2 heterocycles. The molecule has 1 amide bonds. The van der Waals surface area contributed by atoms with E-state index in [0.717, 1.165) is 34.9 Å². The molecule has 2 N–H and O–H groups in total. The number of hydrogen-bond donors (Lipinski definition) is 2. The number of anilines is 1. The van der Waals surface area contributed by atoms with E-state index in [2.05, 4.69) is 53.8 Å². The molecule has 3 atom stereocenters. The molecule has 0 aromatic heterocycles. The lowest BCUT2D eigenvalue weighted by Crippen LogP contribution is -2.25. The van der Waals surface area contributed by atoms with Crippen molar-refractivity contribution in [2.45, 2.75) is 38.3 Å². The number of hydrogen-bond acceptors (Lipinski definition) is 6. The predicted octanol–water partition coefficient (Wildman–Crippen LogP) is 5.41. The third-order valence-corrected chi connectivity index (χ3v) is 8.25. The normalized spacial score (nSPS) is 25.3. The predicted molar refractivity (Wildman–Crippen MR) is 158 cm³/mol. The van der Waals surface area contributed by atoms with E-state index in [-0.39, 0.29) is 17.5 Å². The first-order valence-corrected chi connectivity index (χ1v) is 14.1. The summed E-state index contributed by atoms with van der Waals surface area (Å²) in [6.07, 6.45) is 11.3. The molecule has 40 heavy (non-hydrogen) atoms. The van der Waals surface area contributed by atoms with E-state index >= 15 is 0 Å². The lowest BCUT2D eigenvalue weighted by molar-refractivity contribution is 0.0952. The molecule has 2 saturated carbocycles. The van der Waals surface area contributed by atoms with Crippen molar-refractivity contribution >= 4 is 28.9 Å². The van der Waals surface area contributed by atoms with Gasteiger partial charge in [-0.1, -0.05) is 30.4 Å². The van der Waals surface area contributed by atoms with Crippen molar-refractivity contribution in [3.05, 3.63) is 89.0 Å². The summed E-state index contributed by atoms with van der Waals surface area (Å²) in [7, 11) is 1.67. The average Bonchev–Trinajstić information content (AvgIpc) is 3.88. The Labute approximate surface area is 234 Å². The summed E-state index contributed by atoms with van der Waals surface area (Å²) in [4.78, 5) is 22.1. The fraction of sp³-hybridized carbons (Fsp3) is 0.364. The molecule has 5 aliphatic rings. The maximum absolute atomic E-state index is 12.4. The van der Waals surface area contributed by atoms with Gasteiger partial charge in [0.15, 0.2) is 0 Å². The second kappa shape index (κ2) is 9.51. The quantitative estimate of drug-likeness (QED) is 0.498. The van der Waals surface area contributed by atoms with Crippen LogP contribution in [0.3, 0.4) is 0 Å². The van der Waals surface area contributed by atoms with Gasteiger partial charge < -0.3 is 20.1 Å². The molecular weight excluding hydrogens is 500 g/mol. The van der Waals surface area contributed by atoms with E-state index in [4.69, 9.17) is 14.5 Å². The summed E-state index contributed by atoms with van der Waals surface area (Å²) in [5.74, 6) is 3.66. The van der Waals surface area contributed by atoms with Gasteiger partial charge in [-0.2, -0.15) is 0 Å². The number of methoxy groups -OCH3 is 1. The molecular formula is C33H34N4O3. The molecule has 7 nitrogen and oxygen atoms in total. The molecule has 2 fully saturated rings. The van der Waals surface area contributed by atoms with Gasteiger partial charge in [0.1, 0.15) is 18.2 Å². The van der Waals surface area contributed by atoms with Crippen LogP contribution in [0.5, 0.6) is 5.75 Å². The third kappa shape index (κ3) is 4.85. The number of carbonyl (C=O) groups excluding carboxylic acids is 1. The minimum absolute atomic E-state index is 0.0102. The van der Waals surface area contributed by atoms with Crippen molar-refractivity contribution in [3.8, 4) is 5.75 Å². The Balaban J connectivity index is 1.05. The van der Waals surface area contributed by atoms with Crippen LogP contribution in [0, 0.1) is 17.8 Å². The number of carbonyl (C=O) groups is 1. The highest BCUT2D eigenvalue weighted by Gasteiger charge is 2.53. The van der Waals surface area contributed by atoms with Crippen LogP contribution < -0.4 is 15.4 Å². The summed E-state index contributed by atoms with van der Waals surface area (Å²) in [6.45, 7) is 5.48. The monoisotopic (exact) mass is 534 g/mol. The van der Waals surface area contributed by atoms with Crippen LogP contribution >= 0.6 is 0 Å². The van der Waals surface area contributed by atoms with Crippen molar-refractivity contribution in [1.82, 2.24) is 5.32 Å². The topological polar surface area (TPSA) is 84.3 Å². The van der Waals surface area contributed by atoms with Crippen LogP contribution in [-0.4, -0.2) is 49.5 Å². The van der Waals surface area contributed by atoms with Crippen molar-refractivity contribution in [1.29, 1.82) is 0 Å². The van der Waals surface area contributed by atoms with E-state index < -0.39 is 0 Å². The van der Waals surface area contributed by atoms with Crippen molar-refractivity contribution < 1.29 is 14.3 Å². The molecule has 0 bridgehead atoms. The highest BCUT2D eigenvalue weighted by atomic mass is 16.5. The number of amidine groups is 1. The van der Waals surface area contributed by atoms with Gasteiger partial charge in [-0.25, -0.2) is 4.99 Å². The number of aliphatic imine (C=N–C) groups is 2. The fourth-order valence-electron chi connectivity index (χ4n) is 5.70. The Morgan fingerprint density at radius 1 is 1.10 bits per heavy atom. The Kier molecular flexibility index (Phi) is 5.91. The number of allylic oxidation sites excluding steroid dienone is 3. The SMILES string of the molecule is COc1cc(C2=NC(C)(C)CO2)ccc1NC1=NC2C3C=C(c4ccc(C(=O)NCC5CC5)cc4)C=CC(=C1)C32. The van der Waals surface area contributed by atoms with Gasteiger partial charge in [0.2, 0.25) is 5.90 Å². The number of ether oxygens (including phenoxy) is 2. The van der Waals surface area contributed by atoms with Gasteiger partial charge in [0.05, 0.1) is 24.4 Å². The Hall–Kier alpha value is -4.13. The van der Waals surface area contributed by atoms with Gasteiger partial charge in [-0.05, 0) is 85.7 Å². The fourth-order valence-corrected chi connectivity index (χ4v) is 5.70. The highest BCUT2D eigenvalue weighted by Crippen LogP contribution is 2.53. The van der Waals surface area contributed by atoms with Crippen LogP contribution in [0.1, 0.15) is 48.2 Å². The van der Waals surface area contributed by atoms with E-state index in [1.54, 1.807) is 7.11 Å². The van der Waals surface area contributed by atoms with Gasteiger partial charge in [0, 0.05) is 29.5 Å². The molecule has 2 aromatic carbocycles. The summed E-state index contributed by atoms with van der Waals surface area (Å²) in [5.41, 5.74) is 5.83. The first-order chi connectivity index (χ1) is 19.4. The molecule has 2 aliphatic heterocycles. The lowest BCUT2D eigenvalue weighted by atomic mass is 10.0. The maximum atomic E-state index is 12.4. The molecule has 3 aliphatic carbocycles. The van der Waals surface area contributed by atoms with Gasteiger partial charge in [-0.3, -0.25) is 9.79 Å². The summed E-state index contributed by atoms with van der Waals surface area (Å²) >= 11 is 0. The number of dihydropyridines is 1. The van der Waals surface area contributed by atoms with Crippen LogP contribution in [0.15, 0.2) is 82.3 Å². The first-order valence-electron chi connectivity index (χ1n) is 14.1. The second-order valence-corrected chi connectivity index (χ2v) is 12.0. The molecule has 204 valence electrons. The van der Waals surface area contributed by atoms with Crippen LogP contribution in [0.2, 0.25) is 0 Å². The Morgan fingerprint density at radius 2 is 1.90 bits per heavy atom. The van der Waals surface area contributed by atoms with E-state index in [1.807, 2.05) is 42.5 Å². The number of nitrogens with zero attached hydrogens (tertiary/aromatic N) is 2. The zero-order valence-corrected chi connectivity index (χ0v) is 23.1.